The highest BCUT2D eigenvalue weighted by molar-refractivity contribution is 5.95. The Hall–Kier alpha value is -2.62. The zero-order valence-corrected chi connectivity index (χ0v) is 15.2. The summed E-state index contributed by atoms with van der Waals surface area (Å²) in [7, 11) is 0. The zero-order valence-electron chi connectivity index (χ0n) is 15.2. The van der Waals surface area contributed by atoms with Crippen LogP contribution in [0.1, 0.15) is 49.5 Å². The van der Waals surface area contributed by atoms with Gasteiger partial charge >= 0.3 is 0 Å². The quantitative estimate of drug-likeness (QED) is 0.555. The molecule has 4 nitrogen and oxygen atoms in total. The molecule has 2 rings (SSSR count). The molecule has 0 spiro atoms. The third-order valence-corrected chi connectivity index (χ3v) is 3.80. The molecule has 0 saturated heterocycles. The largest absolute Gasteiger partial charge is 0.489 e. The molecule has 1 amide bonds. The molecule has 0 aliphatic rings. The summed E-state index contributed by atoms with van der Waals surface area (Å²) in [5.74, 6) is 1.27. The number of carbonyl (C=O) groups excluding carboxylic acids is 1. The van der Waals surface area contributed by atoms with Gasteiger partial charge < -0.3 is 4.74 Å². The average Bonchev–Trinajstić information content (AvgIpc) is 2.64. The first-order chi connectivity index (χ1) is 12.0. The van der Waals surface area contributed by atoms with E-state index in [9.17, 15) is 4.79 Å². The second kappa shape index (κ2) is 9.62. The first-order valence-corrected chi connectivity index (χ1v) is 8.65. The Kier molecular flexibility index (Phi) is 7.20. The van der Waals surface area contributed by atoms with Crippen LogP contribution in [0.4, 0.5) is 0 Å². The Balaban J connectivity index is 1.84. The van der Waals surface area contributed by atoms with Crippen LogP contribution in [0.25, 0.3) is 0 Å². The minimum Gasteiger partial charge on any atom is -0.489 e. The number of nitrogens with zero attached hydrogens (tertiary/aromatic N) is 1. The number of rotatable bonds is 8. The van der Waals surface area contributed by atoms with Crippen LogP contribution in [0.2, 0.25) is 0 Å². The average molecular weight is 338 g/mol. The topological polar surface area (TPSA) is 50.7 Å². The van der Waals surface area contributed by atoms with Gasteiger partial charge in [0.05, 0.1) is 0 Å². The number of amides is 1. The van der Waals surface area contributed by atoms with Crippen molar-refractivity contribution in [2.45, 2.75) is 40.2 Å². The summed E-state index contributed by atoms with van der Waals surface area (Å²) in [6, 6.07) is 17.0. The van der Waals surface area contributed by atoms with Crippen LogP contribution in [0.3, 0.4) is 0 Å². The van der Waals surface area contributed by atoms with Crippen molar-refractivity contribution in [3.63, 3.8) is 0 Å². The molecule has 0 fully saturated rings. The van der Waals surface area contributed by atoms with Crippen LogP contribution in [0, 0.1) is 5.92 Å². The lowest BCUT2D eigenvalue weighted by molar-refractivity contribution is 0.0954. The van der Waals surface area contributed by atoms with Crippen molar-refractivity contribution in [2.24, 2.45) is 11.0 Å². The summed E-state index contributed by atoms with van der Waals surface area (Å²) in [4.78, 5) is 12.1. The van der Waals surface area contributed by atoms with Crippen molar-refractivity contribution in [3.8, 4) is 5.75 Å². The van der Waals surface area contributed by atoms with Crippen molar-refractivity contribution in [3.05, 3.63) is 65.7 Å². The Morgan fingerprint density at radius 3 is 2.40 bits per heavy atom. The van der Waals surface area contributed by atoms with Crippen molar-refractivity contribution in [2.75, 3.05) is 0 Å². The minimum atomic E-state index is -0.195. The van der Waals surface area contributed by atoms with Crippen LogP contribution in [-0.4, -0.2) is 11.6 Å². The van der Waals surface area contributed by atoms with E-state index in [0.29, 0.717) is 18.1 Å². The van der Waals surface area contributed by atoms with Crippen LogP contribution >= 0.6 is 0 Å². The van der Waals surface area contributed by atoms with E-state index >= 15 is 0 Å². The van der Waals surface area contributed by atoms with Gasteiger partial charge in [-0.3, -0.25) is 4.79 Å². The fourth-order valence-electron chi connectivity index (χ4n) is 2.20. The maximum absolute atomic E-state index is 12.1. The Labute approximate surface area is 149 Å². The van der Waals surface area contributed by atoms with Gasteiger partial charge in [0.15, 0.2) is 0 Å². The van der Waals surface area contributed by atoms with E-state index in [-0.39, 0.29) is 5.91 Å². The van der Waals surface area contributed by atoms with Crippen LogP contribution in [-0.2, 0) is 6.61 Å². The maximum atomic E-state index is 12.1. The standard InChI is InChI=1S/C21H26N2O2/c1-16(2)9-10-17(3)22-23-21(24)19-13-11-18(12-14-19)15-25-20-7-5-4-6-8-20/h4-8,11-14,16H,9-10,15H2,1-3H3,(H,23,24). The molecule has 0 aliphatic carbocycles. The van der Waals surface area contributed by atoms with Gasteiger partial charge in [-0.25, -0.2) is 5.43 Å². The molecule has 0 saturated carbocycles. The Morgan fingerprint density at radius 2 is 1.76 bits per heavy atom. The molecule has 4 heteroatoms. The highest BCUT2D eigenvalue weighted by Crippen LogP contribution is 2.12. The van der Waals surface area contributed by atoms with Gasteiger partial charge in [0.2, 0.25) is 0 Å². The lowest BCUT2D eigenvalue weighted by Gasteiger charge is -2.07. The molecule has 0 heterocycles. The molecule has 2 aromatic rings. The van der Waals surface area contributed by atoms with E-state index < -0.39 is 0 Å². The van der Waals surface area contributed by atoms with Crippen molar-refractivity contribution < 1.29 is 9.53 Å². The zero-order chi connectivity index (χ0) is 18.1. The van der Waals surface area contributed by atoms with Crippen LogP contribution in [0.5, 0.6) is 5.75 Å². The molecule has 0 aliphatic heterocycles. The molecule has 0 radical (unpaired) electrons. The molecule has 0 aromatic heterocycles. The van der Waals surface area contributed by atoms with Crippen molar-refractivity contribution >= 4 is 11.6 Å². The van der Waals surface area contributed by atoms with E-state index in [4.69, 9.17) is 4.74 Å². The third kappa shape index (κ3) is 6.79. The fourth-order valence-corrected chi connectivity index (χ4v) is 2.20. The third-order valence-electron chi connectivity index (χ3n) is 3.80. The van der Waals surface area contributed by atoms with Gasteiger partial charge in [-0.1, -0.05) is 44.2 Å². The number of ether oxygens (including phenoxy) is 1. The number of hydrazone groups is 1. The van der Waals surface area contributed by atoms with Gasteiger partial charge in [-0.15, -0.1) is 0 Å². The fraction of sp³-hybridized carbons (Fsp3) is 0.333. The van der Waals surface area contributed by atoms with E-state index in [1.54, 1.807) is 12.1 Å². The predicted molar refractivity (Wildman–Crippen MR) is 102 cm³/mol. The van der Waals surface area contributed by atoms with E-state index in [2.05, 4.69) is 24.4 Å². The van der Waals surface area contributed by atoms with Crippen LogP contribution < -0.4 is 10.2 Å². The molecule has 2 aromatic carbocycles. The number of hydrogen-bond donors (Lipinski definition) is 1. The molecule has 0 atom stereocenters. The van der Waals surface area contributed by atoms with Crippen molar-refractivity contribution in [1.29, 1.82) is 0 Å². The minimum absolute atomic E-state index is 0.195. The summed E-state index contributed by atoms with van der Waals surface area (Å²) < 4.78 is 5.70. The molecule has 25 heavy (non-hydrogen) atoms. The molecule has 0 unspecified atom stereocenters. The molecule has 0 bridgehead atoms. The first-order valence-electron chi connectivity index (χ1n) is 8.65. The lowest BCUT2D eigenvalue weighted by atomic mass is 10.1. The smallest absolute Gasteiger partial charge is 0.271 e. The second-order valence-corrected chi connectivity index (χ2v) is 6.52. The summed E-state index contributed by atoms with van der Waals surface area (Å²) in [5.41, 5.74) is 5.16. The highest BCUT2D eigenvalue weighted by Gasteiger charge is 2.05. The van der Waals surface area contributed by atoms with Gasteiger partial charge in [-0.05, 0) is 55.5 Å². The number of nitrogens with one attached hydrogen (secondary N) is 1. The summed E-state index contributed by atoms with van der Waals surface area (Å²) in [5, 5.41) is 4.16. The number of hydrogen-bond acceptors (Lipinski definition) is 3. The normalized spacial score (nSPS) is 11.4. The molecule has 132 valence electrons. The van der Waals surface area contributed by atoms with E-state index in [1.807, 2.05) is 49.4 Å². The SMILES string of the molecule is CC(CCC(C)C)=NNC(=O)c1ccc(COc2ccccc2)cc1. The van der Waals surface area contributed by atoms with E-state index in [1.165, 1.54) is 0 Å². The summed E-state index contributed by atoms with van der Waals surface area (Å²) in [6.45, 7) is 6.76. The van der Waals surface area contributed by atoms with Crippen LogP contribution in [0.15, 0.2) is 59.7 Å². The van der Waals surface area contributed by atoms with Gasteiger partial charge in [0, 0.05) is 11.3 Å². The molecule has 1 N–H and O–H groups in total. The lowest BCUT2D eigenvalue weighted by Crippen LogP contribution is -2.19. The number of para-hydroxylation sites is 1. The Bertz CT molecular complexity index is 692. The summed E-state index contributed by atoms with van der Waals surface area (Å²) >= 11 is 0. The van der Waals surface area contributed by atoms with Gasteiger partial charge in [0.25, 0.3) is 5.91 Å². The second-order valence-electron chi connectivity index (χ2n) is 6.52. The monoisotopic (exact) mass is 338 g/mol. The van der Waals surface area contributed by atoms with E-state index in [0.717, 1.165) is 29.9 Å². The maximum Gasteiger partial charge on any atom is 0.271 e. The van der Waals surface area contributed by atoms with Crippen molar-refractivity contribution in [1.82, 2.24) is 5.43 Å². The Morgan fingerprint density at radius 1 is 1.08 bits per heavy atom. The van der Waals surface area contributed by atoms with Gasteiger partial charge in [-0.2, -0.15) is 5.10 Å². The molecular weight excluding hydrogens is 312 g/mol. The number of benzene rings is 2. The number of carbonyl (C=O) groups is 1. The predicted octanol–water partition coefficient (Wildman–Crippen LogP) is 4.81. The first kappa shape index (κ1) is 18.7. The van der Waals surface area contributed by atoms with Gasteiger partial charge in [0.1, 0.15) is 12.4 Å². The highest BCUT2D eigenvalue weighted by atomic mass is 16.5. The summed E-state index contributed by atoms with van der Waals surface area (Å²) in [6.07, 6.45) is 1.97. The molecular formula is C21H26N2O2.